The first-order valence-electron chi connectivity index (χ1n) is 8.62. The van der Waals surface area contributed by atoms with Crippen LogP contribution in [0.2, 0.25) is 5.02 Å². The summed E-state index contributed by atoms with van der Waals surface area (Å²) in [5.74, 6) is 1.62. The van der Waals surface area contributed by atoms with Crippen LogP contribution in [0.1, 0.15) is 11.1 Å². The molecule has 0 atom stereocenters. The maximum Gasteiger partial charge on any atom is 0.191 e. The number of ether oxygens (including phenoxy) is 1. The highest BCUT2D eigenvalue weighted by Crippen LogP contribution is 2.13. The van der Waals surface area contributed by atoms with Crippen LogP contribution in [0.25, 0.3) is 0 Å². The summed E-state index contributed by atoms with van der Waals surface area (Å²) in [6, 6.07) is 15.9. The number of nitrogens with zero attached hydrogens (tertiary/aromatic N) is 2. The van der Waals surface area contributed by atoms with Gasteiger partial charge in [-0.15, -0.1) is 24.0 Å². The van der Waals surface area contributed by atoms with Crippen LogP contribution >= 0.6 is 35.6 Å². The number of benzene rings is 2. The van der Waals surface area contributed by atoms with Crippen LogP contribution in [0, 0.1) is 0 Å². The highest BCUT2D eigenvalue weighted by atomic mass is 127. The van der Waals surface area contributed by atoms with Crippen LogP contribution in [-0.4, -0.2) is 45.2 Å². The van der Waals surface area contributed by atoms with E-state index in [0.717, 1.165) is 34.4 Å². The smallest absolute Gasteiger partial charge is 0.191 e. The molecule has 2 aromatic carbocycles. The molecule has 0 fully saturated rings. The zero-order chi connectivity index (χ0) is 18.8. The minimum Gasteiger partial charge on any atom is -0.492 e. The molecule has 0 spiro atoms. The van der Waals surface area contributed by atoms with Crippen molar-refractivity contribution in [3.8, 4) is 5.75 Å². The molecule has 0 aromatic heterocycles. The second-order valence-corrected chi connectivity index (χ2v) is 6.64. The molecule has 2 rings (SSSR count). The summed E-state index contributed by atoms with van der Waals surface area (Å²) in [5.41, 5.74) is 2.25. The first-order valence-corrected chi connectivity index (χ1v) is 9.00. The van der Waals surface area contributed by atoms with Crippen LogP contribution in [0.3, 0.4) is 0 Å². The molecule has 0 amide bonds. The number of nitrogens with one attached hydrogen (secondary N) is 2. The fourth-order valence-electron chi connectivity index (χ4n) is 2.33. The summed E-state index contributed by atoms with van der Waals surface area (Å²) < 4.78 is 5.78. The van der Waals surface area contributed by atoms with E-state index in [2.05, 4.69) is 26.6 Å². The summed E-state index contributed by atoms with van der Waals surface area (Å²) in [5, 5.41) is 7.34. The third-order valence-corrected chi connectivity index (χ3v) is 3.97. The minimum atomic E-state index is 0. The maximum atomic E-state index is 6.02. The van der Waals surface area contributed by atoms with E-state index in [0.29, 0.717) is 19.7 Å². The lowest BCUT2D eigenvalue weighted by Gasteiger charge is -2.14. The predicted molar refractivity (Wildman–Crippen MR) is 124 cm³/mol. The van der Waals surface area contributed by atoms with Crippen molar-refractivity contribution in [2.45, 2.75) is 13.1 Å². The zero-order valence-electron chi connectivity index (χ0n) is 16.0. The number of rotatable bonds is 8. The number of aliphatic imine (C=N–C) groups is 1. The first kappa shape index (κ1) is 23.5. The Labute approximate surface area is 184 Å². The minimum absolute atomic E-state index is 0. The van der Waals surface area contributed by atoms with Crippen molar-refractivity contribution in [1.82, 2.24) is 15.5 Å². The zero-order valence-corrected chi connectivity index (χ0v) is 19.1. The second-order valence-electron chi connectivity index (χ2n) is 6.21. The van der Waals surface area contributed by atoms with Crippen LogP contribution in [0.15, 0.2) is 53.5 Å². The molecule has 0 saturated heterocycles. The van der Waals surface area contributed by atoms with Crippen molar-refractivity contribution < 1.29 is 4.74 Å². The molecule has 0 aliphatic carbocycles. The lowest BCUT2D eigenvalue weighted by molar-refractivity contribution is 0.261. The molecular formula is C20H28ClIN4O. The summed E-state index contributed by atoms with van der Waals surface area (Å²) in [6.45, 7) is 2.89. The molecule has 7 heteroatoms. The van der Waals surface area contributed by atoms with E-state index < -0.39 is 0 Å². The van der Waals surface area contributed by atoms with Gasteiger partial charge in [0.05, 0.1) is 0 Å². The maximum absolute atomic E-state index is 6.02. The molecule has 0 unspecified atom stereocenters. The Morgan fingerprint density at radius 2 is 1.67 bits per heavy atom. The van der Waals surface area contributed by atoms with E-state index in [1.165, 1.54) is 0 Å². The standard InChI is InChI=1S/C20H27ClN4O.HI/c1-22-20(23-14-16-6-4-8-18(21)12-16)24-15-17-7-5-9-19(13-17)26-11-10-25(2)3;/h4-9,12-13H,10-11,14-15H2,1-3H3,(H2,22,23,24);1H. The third kappa shape index (κ3) is 9.30. The number of hydrogen-bond donors (Lipinski definition) is 2. The Balaban J connectivity index is 0.00000364. The molecule has 0 aliphatic heterocycles. The van der Waals surface area contributed by atoms with Gasteiger partial charge in [-0.2, -0.15) is 0 Å². The summed E-state index contributed by atoms with van der Waals surface area (Å²) in [4.78, 5) is 6.35. The van der Waals surface area contributed by atoms with Gasteiger partial charge in [-0.05, 0) is 49.5 Å². The van der Waals surface area contributed by atoms with Crippen LogP contribution in [0.5, 0.6) is 5.75 Å². The molecule has 0 saturated carbocycles. The average molecular weight is 503 g/mol. The number of guanidine groups is 1. The van der Waals surface area contributed by atoms with Crippen molar-refractivity contribution in [2.75, 3.05) is 34.3 Å². The Morgan fingerprint density at radius 3 is 2.26 bits per heavy atom. The van der Waals surface area contributed by atoms with Gasteiger partial charge >= 0.3 is 0 Å². The lowest BCUT2D eigenvalue weighted by Crippen LogP contribution is -2.36. The largest absolute Gasteiger partial charge is 0.492 e. The molecule has 0 heterocycles. The van der Waals surface area contributed by atoms with Gasteiger partial charge in [0.15, 0.2) is 5.96 Å². The normalized spacial score (nSPS) is 11.1. The van der Waals surface area contributed by atoms with Crippen molar-refractivity contribution in [3.05, 3.63) is 64.7 Å². The Morgan fingerprint density at radius 1 is 1.04 bits per heavy atom. The quantitative estimate of drug-likeness (QED) is 0.328. The van der Waals surface area contributed by atoms with Gasteiger partial charge in [-0.1, -0.05) is 35.9 Å². The monoisotopic (exact) mass is 502 g/mol. The van der Waals surface area contributed by atoms with E-state index in [4.69, 9.17) is 16.3 Å². The van der Waals surface area contributed by atoms with Crippen LogP contribution in [-0.2, 0) is 13.1 Å². The number of hydrogen-bond acceptors (Lipinski definition) is 3. The Bertz CT molecular complexity index is 725. The first-order chi connectivity index (χ1) is 12.6. The van der Waals surface area contributed by atoms with Gasteiger partial charge < -0.3 is 20.3 Å². The van der Waals surface area contributed by atoms with Gasteiger partial charge in [0, 0.05) is 31.7 Å². The van der Waals surface area contributed by atoms with E-state index in [1.807, 2.05) is 56.6 Å². The second kappa shape index (κ2) is 12.8. The van der Waals surface area contributed by atoms with E-state index in [-0.39, 0.29) is 24.0 Å². The number of likely N-dealkylation sites (N-methyl/N-ethyl adjacent to an activating group) is 1. The highest BCUT2D eigenvalue weighted by Gasteiger charge is 2.02. The summed E-state index contributed by atoms with van der Waals surface area (Å²) in [7, 11) is 5.82. The molecular weight excluding hydrogens is 475 g/mol. The van der Waals surface area contributed by atoms with Gasteiger partial charge in [-0.25, -0.2) is 0 Å². The van der Waals surface area contributed by atoms with Crippen molar-refractivity contribution in [1.29, 1.82) is 0 Å². The molecule has 5 nitrogen and oxygen atoms in total. The van der Waals surface area contributed by atoms with E-state index >= 15 is 0 Å². The molecule has 0 radical (unpaired) electrons. The number of halogens is 2. The molecule has 0 aliphatic rings. The third-order valence-electron chi connectivity index (χ3n) is 3.74. The summed E-state index contributed by atoms with van der Waals surface area (Å²) in [6.07, 6.45) is 0. The van der Waals surface area contributed by atoms with Gasteiger partial charge in [0.25, 0.3) is 0 Å². The Hall–Kier alpha value is -1.51. The van der Waals surface area contributed by atoms with Gasteiger partial charge in [0.2, 0.25) is 0 Å². The van der Waals surface area contributed by atoms with Gasteiger partial charge in [-0.3, -0.25) is 4.99 Å². The highest BCUT2D eigenvalue weighted by molar-refractivity contribution is 14.0. The fraction of sp³-hybridized carbons (Fsp3) is 0.350. The van der Waals surface area contributed by atoms with Gasteiger partial charge in [0.1, 0.15) is 12.4 Å². The molecule has 2 N–H and O–H groups in total. The van der Waals surface area contributed by atoms with E-state index in [1.54, 1.807) is 7.05 Å². The van der Waals surface area contributed by atoms with Crippen molar-refractivity contribution >= 4 is 41.5 Å². The SMILES string of the molecule is CN=C(NCc1cccc(Cl)c1)NCc1cccc(OCCN(C)C)c1.I. The van der Waals surface area contributed by atoms with Crippen molar-refractivity contribution in [2.24, 2.45) is 4.99 Å². The van der Waals surface area contributed by atoms with Crippen LogP contribution in [0.4, 0.5) is 0 Å². The average Bonchev–Trinajstić information content (AvgIpc) is 2.62. The fourth-order valence-corrected chi connectivity index (χ4v) is 2.54. The topological polar surface area (TPSA) is 48.9 Å². The van der Waals surface area contributed by atoms with Crippen LogP contribution < -0.4 is 15.4 Å². The Kier molecular flexibility index (Phi) is 11.2. The predicted octanol–water partition coefficient (Wildman–Crippen LogP) is 3.76. The van der Waals surface area contributed by atoms with Crippen molar-refractivity contribution in [3.63, 3.8) is 0 Å². The summed E-state index contributed by atoms with van der Waals surface area (Å²) >= 11 is 6.02. The molecule has 148 valence electrons. The molecule has 2 aromatic rings. The lowest BCUT2D eigenvalue weighted by atomic mass is 10.2. The van der Waals surface area contributed by atoms with E-state index in [9.17, 15) is 0 Å². The molecule has 0 bridgehead atoms. The molecule has 27 heavy (non-hydrogen) atoms.